The molecule has 0 bridgehead atoms. The number of sulfonamides is 1. The Labute approximate surface area is 179 Å². The monoisotopic (exact) mass is 435 g/mol. The molecule has 31 heavy (non-hydrogen) atoms. The van der Waals surface area contributed by atoms with E-state index >= 15 is 0 Å². The van der Waals surface area contributed by atoms with Gasteiger partial charge >= 0.3 is 0 Å². The Kier molecular flexibility index (Phi) is 5.59. The van der Waals surface area contributed by atoms with Crippen molar-refractivity contribution in [1.29, 1.82) is 0 Å². The fourth-order valence-corrected chi connectivity index (χ4v) is 4.02. The van der Waals surface area contributed by atoms with Crippen molar-refractivity contribution in [2.24, 2.45) is 0 Å². The van der Waals surface area contributed by atoms with Gasteiger partial charge in [-0.15, -0.1) is 0 Å². The van der Waals surface area contributed by atoms with Gasteiger partial charge in [-0.05, 0) is 67.1 Å². The van der Waals surface area contributed by atoms with Crippen LogP contribution in [0.2, 0.25) is 0 Å². The minimum atomic E-state index is -3.90. The van der Waals surface area contributed by atoms with Gasteiger partial charge in [0.1, 0.15) is 11.6 Å². The predicted octanol–water partition coefficient (Wildman–Crippen LogP) is 4.59. The molecule has 0 saturated heterocycles. The lowest BCUT2D eigenvalue weighted by atomic mass is 10.1. The van der Waals surface area contributed by atoms with Gasteiger partial charge in [-0.1, -0.05) is 12.1 Å². The highest BCUT2D eigenvalue weighted by molar-refractivity contribution is 7.92. The second-order valence-corrected chi connectivity index (χ2v) is 8.32. The molecule has 0 aliphatic rings. The summed E-state index contributed by atoms with van der Waals surface area (Å²) in [7, 11) is -3.90. The summed E-state index contributed by atoms with van der Waals surface area (Å²) in [5.41, 5.74) is 1.86. The van der Waals surface area contributed by atoms with Gasteiger partial charge in [0.05, 0.1) is 16.3 Å². The Morgan fingerprint density at radius 3 is 2.26 bits per heavy atom. The summed E-state index contributed by atoms with van der Waals surface area (Å²) in [4.78, 5) is 14.8. The molecule has 0 radical (unpaired) electrons. The number of aromatic nitrogens is 3. The number of pyridine rings is 1. The minimum absolute atomic E-state index is 0.0380. The summed E-state index contributed by atoms with van der Waals surface area (Å²) in [5, 5.41) is 0. The van der Waals surface area contributed by atoms with E-state index in [0.717, 1.165) is 17.7 Å². The Hall–Kier alpha value is -3.85. The van der Waals surface area contributed by atoms with Crippen molar-refractivity contribution in [3.8, 4) is 0 Å². The number of nitrogens with zero attached hydrogens (tertiary/aromatic N) is 4. The topological polar surface area (TPSA) is 88.1 Å². The van der Waals surface area contributed by atoms with Gasteiger partial charge in [-0.3, -0.25) is 9.62 Å². The fourth-order valence-electron chi connectivity index (χ4n) is 2.97. The number of halogens is 1. The Balaban J connectivity index is 1.76. The number of hydrogen-bond donors (Lipinski definition) is 1. The van der Waals surface area contributed by atoms with Gasteiger partial charge in [0.2, 0.25) is 5.95 Å². The number of anilines is 4. The number of rotatable bonds is 6. The lowest BCUT2D eigenvalue weighted by Gasteiger charge is -2.24. The van der Waals surface area contributed by atoms with Gasteiger partial charge in [0.25, 0.3) is 10.0 Å². The van der Waals surface area contributed by atoms with E-state index in [0.29, 0.717) is 23.1 Å². The van der Waals surface area contributed by atoms with E-state index < -0.39 is 15.8 Å². The third kappa shape index (κ3) is 4.51. The van der Waals surface area contributed by atoms with Gasteiger partial charge in [0, 0.05) is 18.6 Å². The molecule has 0 atom stereocenters. The van der Waals surface area contributed by atoms with Crippen LogP contribution in [0.25, 0.3) is 0 Å². The third-order valence-electron chi connectivity index (χ3n) is 4.46. The first-order valence-corrected chi connectivity index (χ1v) is 10.8. The lowest BCUT2D eigenvalue weighted by molar-refractivity contribution is 0.599. The number of benzene rings is 2. The largest absolute Gasteiger partial charge is 0.280 e. The molecule has 2 aromatic heterocycles. The lowest BCUT2D eigenvalue weighted by Crippen LogP contribution is -2.17. The summed E-state index contributed by atoms with van der Waals surface area (Å²) in [6, 6.07) is 16.9. The standard InChI is InChI=1S/C22H18FN5O2S/c1-16-6-9-18(27-31(29,30)19-10-7-17(23)8-11-19)15-20(16)28(21-5-2-3-12-24-21)22-25-13-4-14-26-22/h2-15,27H,1H3. The van der Waals surface area contributed by atoms with Crippen molar-refractivity contribution in [2.75, 3.05) is 9.62 Å². The molecule has 2 heterocycles. The zero-order valence-corrected chi connectivity index (χ0v) is 17.3. The SMILES string of the molecule is Cc1ccc(NS(=O)(=O)c2ccc(F)cc2)cc1N(c1ccccn1)c1ncccn1. The quantitative estimate of drug-likeness (QED) is 0.477. The molecule has 0 amide bonds. The molecule has 0 saturated carbocycles. The number of aryl methyl sites for hydroxylation is 1. The molecular weight excluding hydrogens is 417 g/mol. The molecule has 0 spiro atoms. The molecule has 4 rings (SSSR count). The van der Waals surface area contributed by atoms with E-state index in [1.165, 1.54) is 12.1 Å². The summed E-state index contributed by atoms with van der Waals surface area (Å²) in [6.45, 7) is 1.90. The van der Waals surface area contributed by atoms with E-state index in [1.807, 2.05) is 19.1 Å². The molecule has 2 aromatic carbocycles. The van der Waals surface area contributed by atoms with E-state index in [2.05, 4.69) is 19.7 Å². The first kappa shape index (κ1) is 20.4. The molecule has 4 aromatic rings. The molecular formula is C22H18FN5O2S. The van der Waals surface area contributed by atoms with Crippen LogP contribution in [0, 0.1) is 12.7 Å². The summed E-state index contributed by atoms with van der Waals surface area (Å²) < 4.78 is 41.2. The van der Waals surface area contributed by atoms with Crippen LogP contribution in [0.4, 0.5) is 27.5 Å². The van der Waals surface area contributed by atoms with E-state index in [1.54, 1.807) is 53.8 Å². The average molecular weight is 435 g/mol. The highest BCUT2D eigenvalue weighted by Gasteiger charge is 2.20. The van der Waals surface area contributed by atoms with Crippen LogP contribution in [0.1, 0.15) is 5.56 Å². The van der Waals surface area contributed by atoms with E-state index in [4.69, 9.17) is 0 Å². The first-order chi connectivity index (χ1) is 14.9. The van der Waals surface area contributed by atoms with E-state index in [9.17, 15) is 12.8 Å². The van der Waals surface area contributed by atoms with Gasteiger partial charge in [-0.2, -0.15) is 0 Å². The van der Waals surface area contributed by atoms with Crippen molar-refractivity contribution in [3.63, 3.8) is 0 Å². The van der Waals surface area contributed by atoms with E-state index in [-0.39, 0.29) is 4.90 Å². The Morgan fingerprint density at radius 2 is 1.58 bits per heavy atom. The molecule has 7 nitrogen and oxygen atoms in total. The number of hydrogen-bond acceptors (Lipinski definition) is 6. The van der Waals surface area contributed by atoms with Crippen LogP contribution in [-0.2, 0) is 10.0 Å². The predicted molar refractivity (Wildman–Crippen MR) is 116 cm³/mol. The normalized spacial score (nSPS) is 11.2. The second-order valence-electron chi connectivity index (χ2n) is 6.63. The van der Waals surface area contributed by atoms with Crippen LogP contribution in [0.5, 0.6) is 0 Å². The Morgan fingerprint density at radius 1 is 0.871 bits per heavy atom. The minimum Gasteiger partial charge on any atom is -0.280 e. The maximum Gasteiger partial charge on any atom is 0.261 e. The zero-order valence-electron chi connectivity index (χ0n) is 16.5. The molecule has 0 aliphatic heterocycles. The van der Waals surface area contributed by atoms with Crippen molar-refractivity contribution in [2.45, 2.75) is 11.8 Å². The molecule has 0 aliphatic carbocycles. The van der Waals surface area contributed by atoms with Crippen molar-refractivity contribution < 1.29 is 12.8 Å². The van der Waals surface area contributed by atoms with Gasteiger partial charge in [-0.25, -0.2) is 27.8 Å². The van der Waals surface area contributed by atoms with Crippen molar-refractivity contribution >= 4 is 33.2 Å². The third-order valence-corrected chi connectivity index (χ3v) is 5.85. The van der Waals surface area contributed by atoms with Crippen molar-refractivity contribution in [1.82, 2.24) is 15.0 Å². The highest BCUT2D eigenvalue weighted by atomic mass is 32.2. The molecule has 156 valence electrons. The van der Waals surface area contributed by atoms with Crippen LogP contribution in [-0.4, -0.2) is 23.4 Å². The van der Waals surface area contributed by atoms with Gasteiger partial charge < -0.3 is 0 Å². The fraction of sp³-hybridized carbons (Fsp3) is 0.0455. The average Bonchev–Trinajstić information content (AvgIpc) is 2.78. The summed E-state index contributed by atoms with van der Waals surface area (Å²) >= 11 is 0. The summed E-state index contributed by atoms with van der Waals surface area (Å²) in [5.74, 6) is 0.462. The Bertz CT molecular complexity index is 1250. The van der Waals surface area contributed by atoms with Crippen LogP contribution < -0.4 is 9.62 Å². The molecule has 1 N–H and O–H groups in total. The van der Waals surface area contributed by atoms with Crippen LogP contribution >= 0.6 is 0 Å². The van der Waals surface area contributed by atoms with Crippen LogP contribution in [0.15, 0.2) is 90.2 Å². The maximum absolute atomic E-state index is 13.2. The molecule has 0 unspecified atom stereocenters. The van der Waals surface area contributed by atoms with Crippen molar-refractivity contribution in [3.05, 3.63) is 96.7 Å². The smallest absolute Gasteiger partial charge is 0.261 e. The molecule has 0 fully saturated rings. The highest BCUT2D eigenvalue weighted by Crippen LogP contribution is 2.35. The van der Waals surface area contributed by atoms with Gasteiger partial charge in [0.15, 0.2) is 0 Å². The zero-order chi connectivity index (χ0) is 21.8. The number of nitrogens with one attached hydrogen (secondary N) is 1. The van der Waals surface area contributed by atoms with Crippen LogP contribution in [0.3, 0.4) is 0 Å². The molecule has 9 heteroatoms. The maximum atomic E-state index is 13.2. The summed E-state index contributed by atoms with van der Waals surface area (Å²) in [6.07, 6.45) is 4.89. The second kappa shape index (κ2) is 8.49. The first-order valence-electron chi connectivity index (χ1n) is 9.31.